The molecular formula is C24H28N4O2S. The summed E-state index contributed by atoms with van der Waals surface area (Å²) in [5.74, 6) is 3.08. The van der Waals surface area contributed by atoms with E-state index in [9.17, 15) is 0 Å². The Kier molecular flexibility index (Phi) is 5.54. The maximum absolute atomic E-state index is 5.93. The fraction of sp³-hybridized carbons (Fsp3) is 0.417. The van der Waals surface area contributed by atoms with Crippen LogP contribution in [0.1, 0.15) is 32.3 Å². The Balaban J connectivity index is 1.50. The van der Waals surface area contributed by atoms with Crippen molar-refractivity contribution in [2.75, 3.05) is 13.3 Å². The molecule has 0 unspecified atom stereocenters. The van der Waals surface area contributed by atoms with E-state index in [4.69, 9.17) is 26.8 Å². The molecule has 0 N–H and O–H groups in total. The van der Waals surface area contributed by atoms with Gasteiger partial charge in [-0.15, -0.1) is 0 Å². The van der Waals surface area contributed by atoms with Crippen LogP contribution in [0.4, 0.5) is 0 Å². The topological polar surface area (TPSA) is 44.5 Å². The van der Waals surface area contributed by atoms with E-state index in [0.29, 0.717) is 18.5 Å². The molecule has 0 radical (unpaired) electrons. The highest BCUT2D eigenvalue weighted by Gasteiger charge is 2.30. The van der Waals surface area contributed by atoms with Gasteiger partial charge in [0.05, 0.1) is 13.2 Å². The van der Waals surface area contributed by atoms with Gasteiger partial charge in [-0.1, -0.05) is 50.2 Å². The first-order valence-electron chi connectivity index (χ1n) is 10.9. The van der Waals surface area contributed by atoms with Crippen molar-refractivity contribution in [1.29, 1.82) is 0 Å². The summed E-state index contributed by atoms with van der Waals surface area (Å²) in [5, 5.41) is 4.98. The maximum Gasteiger partial charge on any atom is 0.231 e. The number of hydrogen-bond donors (Lipinski definition) is 0. The van der Waals surface area contributed by atoms with Crippen LogP contribution in [0.5, 0.6) is 11.5 Å². The fourth-order valence-corrected chi connectivity index (χ4v) is 4.35. The number of hydrogen-bond acceptors (Lipinski definition) is 5. The molecule has 0 amide bonds. The number of aromatic nitrogens is 3. The molecule has 7 heteroatoms. The molecule has 3 aromatic rings. The van der Waals surface area contributed by atoms with E-state index in [1.54, 1.807) is 0 Å². The van der Waals surface area contributed by atoms with E-state index in [1.807, 2.05) is 35.0 Å². The van der Waals surface area contributed by atoms with Gasteiger partial charge in [-0.05, 0) is 48.7 Å². The predicted molar refractivity (Wildman–Crippen MR) is 123 cm³/mol. The lowest BCUT2D eigenvalue weighted by molar-refractivity contribution is 0.174. The summed E-state index contributed by atoms with van der Waals surface area (Å²) in [5.41, 5.74) is 2.17. The first-order valence-corrected chi connectivity index (χ1v) is 11.3. The minimum atomic E-state index is 0.276. The lowest BCUT2D eigenvalue weighted by atomic mass is 10.2. The molecule has 162 valence electrons. The van der Waals surface area contributed by atoms with Gasteiger partial charge in [-0.2, -0.15) is 5.10 Å². The van der Waals surface area contributed by atoms with Gasteiger partial charge >= 0.3 is 0 Å². The second kappa shape index (κ2) is 8.48. The molecule has 2 aromatic carbocycles. The molecule has 2 heterocycles. The third kappa shape index (κ3) is 4.38. The van der Waals surface area contributed by atoms with Crippen molar-refractivity contribution in [1.82, 2.24) is 19.2 Å². The van der Waals surface area contributed by atoms with Crippen molar-refractivity contribution in [3.8, 4) is 22.9 Å². The van der Waals surface area contributed by atoms with Gasteiger partial charge in [-0.3, -0.25) is 9.47 Å². The average molecular weight is 437 g/mol. The summed E-state index contributed by atoms with van der Waals surface area (Å²) in [6.45, 7) is 7.23. The summed E-state index contributed by atoms with van der Waals surface area (Å²) in [7, 11) is 0. The predicted octanol–water partition coefficient (Wildman–Crippen LogP) is 4.94. The molecule has 6 nitrogen and oxygen atoms in total. The molecule has 1 fully saturated rings. The van der Waals surface area contributed by atoms with Crippen LogP contribution in [-0.2, 0) is 13.2 Å². The van der Waals surface area contributed by atoms with Gasteiger partial charge in [-0.25, -0.2) is 4.68 Å². The highest BCUT2D eigenvalue weighted by atomic mass is 32.1. The van der Waals surface area contributed by atoms with E-state index in [2.05, 4.69) is 41.5 Å². The van der Waals surface area contributed by atoms with Crippen molar-refractivity contribution < 1.29 is 9.47 Å². The Labute approximate surface area is 188 Å². The average Bonchev–Trinajstić information content (AvgIpc) is 3.44. The smallest absolute Gasteiger partial charge is 0.231 e. The van der Waals surface area contributed by atoms with Crippen molar-refractivity contribution >= 4 is 12.2 Å². The van der Waals surface area contributed by atoms with Crippen LogP contribution < -0.4 is 9.47 Å². The van der Waals surface area contributed by atoms with Crippen LogP contribution in [0, 0.1) is 10.7 Å². The SMILES string of the molecule is CC(C)CN(Cn1nc(-c2ccccc2)n(Cc2ccc3c(c2)OCO3)c1=S)C1CC1. The summed E-state index contributed by atoms with van der Waals surface area (Å²) in [4.78, 5) is 2.52. The molecule has 2 aliphatic rings. The standard InChI is InChI=1S/C24H28N4O2S/c1-17(2)13-26(20-9-10-20)15-28-24(31)27(23(25-28)19-6-4-3-5-7-19)14-18-8-11-21-22(12-18)30-16-29-21/h3-8,11-12,17,20H,9-10,13-16H2,1-2H3. The Morgan fingerprint density at radius 1 is 1.10 bits per heavy atom. The van der Waals surface area contributed by atoms with E-state index in [1.165, 1.54) is 12.8 Å². The molecular weight excluding hydrogens is 408 g/mol. The molecule has 0 spiro atoms. The number of nitrogens with zero attached hydrogens (tertiary/aromatic N) is 4. The molecule has 5 rings (SSSR count). The van der Waals surface area contributed by atoms with Crippen LogP contribution in [0.25, 0.3) is 11.4 Å². The molecule has 0 saturated heterocycles. The van der Waals surface area contributed by atoms with Gasteiger partial charge in [0.15, 0.2) is 22.1 Å². The number of fused-ring (bicyclic) bond motifs is 1. The molecule has 0 atom stereocenters. The Bertz CT molecular complexity index is 1120. The summed E-state index contributed by atoms with van der Waals surface area (Å²) < 4.78 is 15.9. The Hall–Kier alpha value is -2.64. The second-order valence-electron chi connectivity index (χ2n) is 8.78. The quantitative estimate of drug-likeness (QED) is 0.468. The number of benzene rings is 2. The monoisotopic (exact) mass is 436 g/mol. The molecule has 1 aromatic heterocycles. The third-order valence-electron chi connectivity index (χ3n) is 5.71. The fourth-order valence-electron chi connectivity index (χ4n) is 4.10. The van der Waals surface area contributed by atoms with E-state index < -0.39 is 0 Å². The largest absolute Gasteiger partial charge is 0.454 e. The normalized spacial score (nSPS) is 15.2. The maximum atomic E-state index is 5.93. The summed E-state index contributed by atoms with van der Waals surface area (Å²) in [6.07, 6.45) is 2.53. The lowest BCUT2D eigenvalue weighted by Gasteiger charge is -2.23. The van der Waals surface area contributed by atoms with Gasteiger partial charge in [0, 0.05) is 18.2 Å². The zero-order chi connectivity index (χ0) is 21.4. The van der Waals surface area contributed by atoms with Gasteiger partial charge < -0.3 is 9.47 Å². The zero-order valence-electron chi connectivity index (χ0n) is 18.0. The number of ether oxygens (including phenoxy) is 2. The minimum absolute atomic E-state index is 0.276. The molecule has 1 saturated carbocycles. The first-order chi connectivity index (χ1) is 15.1. The van der Waals surface area contributed by atoms with Gasteiger partial charge in [0.25, 0.3) is 0 Å². The van der Waals surface area contributed by atoms with Crippen molar-refractivity contribution in [2.45, 2.75) is 45.9 Å². The number of rotatable bonds is 8. The van der Waals surface area contributed by atoms with Crippen molar-refractivity contribution in [3.05, 3.63) is 58.9 Å². The zero-order valence-corrected chi connectivity index (χ0v) is 18.8. The van der Waals surface area contributed by atoms with E-state index >= 15 is 0 Å². The van der Waals surface area contributed by atoms with Crippen LogP contribution in [0.3, 0.4) is 0 Å². The Morgan fingerprint density at radius 2 is 1.87 bits per heavy atom. The Morgan fingerprint density at radius 3 is 2.61 bits per heavy atom. The molecule has 1 aliphatic heterocycles. The van der Waals surface area contributed by atoms with E-state index in [0.717, 1.165) is 46.4 Å². The van der Waals surface area contributed by atoms with Crippen LogP contribution >= 0.6 is 12.2 Å². The van der Waals surface area contributed by atoms with Crippen LogP contribution in [-0.4, -0.2) is 38.6 Å². The van der Waals surface area contributed by atoms with E-state index in [-0.39, 0.29) is 6.79 Å². The third-order valence-corrected chi connectivity index (χ3v) is 6.14. The highest BCUT2D eigenvalue weighted by Crippen LogP contribution is 2.33. The van der Waals surface area contributed by atoms with Crippen molar-refractivity contribution in [3.63, 3.8) is 0 Å². The van der Waals surface area contributed by atoms with Crippen LogP contribution in [0.2, 0.25) is 0 Å². The first kappa shape index (κ1) is 20.3. The lowest BCUT2D eigenvalue weighted by Crippen LogP contribution is -2.32. The summed E-state index contributed by atoms with van der Waals surface area (Å²) in [6, 6.07) is 17.0. The summed E-state index contributed by atoms with van der Waals surface area (Å²) >= 11 is 5.93. The molecule has 1 aliphatic carbocycles. The van der Waals surface area contributed by atoms with Crippen molar-refractivity contribution in [2.24, 2.45) is 5.92 Å². The van der Waals surface area contributed by atoms with Gasteiger partial charge in [0.2, 0.25) is 6.79 Å². The molecule has 31 heavy (non-hydrogen) atoms. The van der Waals surface area contributed by atoms with Crippen LogP contribution in [0.15, 0.2) is 48.5 Å². The highest BCUT2D eigenvalue weighted by molar-refractivity contribution is 7.71. The molecule has 0 bridgehead atoms. The van der Waals surface area contributed by atoms with Gasteiger partial charge in [0.1, 0.15) is 0 Å². The minimum Gasteiger partial charge on any atom is -0.454 e. The second-order valence-corrected chi connectivity index (χ2v) is 9.15.